The highest BCUT2D eigenvalue weighted by Crippen LogP contribution is 2.23. The van der Waals surface area contributed by atoms with Gasteiger partial charge in [-0.25, -0.2) is 4.79 Å². The molecule has 0 aliphatic rings. The fraction of sp³-hybridized carbons (Fsp3) is 0.667. The van der Waals surface area contributed by atoms with Crippen LogP contribution in [0.3, 0.4) is 0 Å². The molecule has 0 saturated carbocycles. The van der Waals surface area contributed by atoms with Crippen molar-refractivity contribution in [2.24, 2.45) is 0 Å². The van der Waals surface area contributed by atoms with E-state index in [1.54, 1.807) is 0 Å². The predicted molar refractivity (Wildman–Crippen MR) is 80.5 cm³/mol. The fourth-order valence-electron chi connectivity index (χ4n) is 2.36. The number of carboxylic acid groups (broad SMARTS) is 1. The number of aromatic carboxylic acids is 1. The van der Waals surface area contributed by atoms with Crippen molar-refractivity contribution in [2.45, 2.75) is 52.9 Å². The summed E-state index contributed by atoms with van der Waals surface area (Å²) in [5, 5.41) is 17.9. The zero-order valence-corrected chi connectivity index (χ0v) is 12.9. The van der Waals surface area contributed by atoms with E-state index in [2.05, 4.69) is 17.1 Å². The van der Waals surface area contributed by atoms with Crippen LogP contribution in [-0.2, 0) is 12.8 Å². The van der Waals surface area contributed by atoms with Crippen LogP contribution in [0, 0.1) is 0 Å². The zero-order chi connectivity index (χ0) is 15.1. The van der Waals surface area contributed by atoms with Gasteiger partial charge in [0.1, 0.15) is 5.56 Å². The first kappa shape index (κ1) is 16.4. The van der Waals surface area contributed by atoms with Crippen molar-refractivity contribution in [1.29, 1.82) is 0 Å². The number of carbonyl (C=O) groups is 1. The van der Waals surface area contributed by atoms with Crippen molar-refractivity contribution in [3.63, 3.8) is 0 Å². The van der Waals surface area contributed by atoms with Crippen LogP contribution in [0.25, 0.3) is 0 Å². The molecular formula is C15H25N3O2. The molecule has 0 aliphatic carbocycles. The minimum absolute atomic E-state index is 0.318. The van der Waals surface area contributed by atoms with Crippen molar-refractivity contribution in [3.8, 4) is 0 Å². The summed E-state index contributed by atoms with van der Waals surface area (Å²) in [5.41, 5.74) is 1.92. The van der Waals surface area contributed by atoms with Crippen molar-refractivity contribution >= 4 is 11.8 Å². The molecule has 0 aliphatic heterocycles. The molecule has 0 atom stereocenters. The van der Waals surface area contributed by atoms with Gasteiger partial charge >= 0.3 is 5.97 Å². The van der Waals surface area contributed by atoms with Gasteiger partial charge in [0.05, 0.1) is 5.69 Å². The highest BCUT2D eigenvalue weighted by molar-refractivity contribution is 5.95. The van der Waals surface area contributed by atoms with Crippen molar-refractivity contribution in [1.82, 2.24) is 10.2 Å². The lowest BCUT2D eigenvalue weighted by Crippen LogP contribution is -2.25. The van der Waals surface area contributed by atoms with Crippen molar-refractivity contribution < 1.29 is 9.90 Å². The third-order valence-corrected chi connectivity index (χ3v) is 3.50. The quantitative estimate of drug-likeness (QED) is 0.741. The lowest BCUT2D eigenvalue weighted by molar-refractivity contribution is 0.0695. The number of hydrogen-bond acceptors (Lipinski definition) is 4. The van der Waals surface area contributed by atoms with Crippen molar-refractivity contribution in [3.05, 3.63) is 16.8 Å². The van der Waals surface area contributed by atoms with Gasteiger partial charge in [-0.1, -0.05) is 33.6 Å². The largest absolute Gasteiger partial charge is 0.478 e. The lowest BCUT2D eigenvalue weighted by Gasteiger charge is -2.21. The predicted octanol–water partition coefficient (Wildman–Crippen LogP) is 2.93. The molecule has 1 heterocycles. The Morgan fingerprint density at radius 2 is 1.85 bits per heavy atom. The normalized spacial score (nSPS) is 10.6. The van der Waals surface area contributed by atoms with Gasteiger partial charge in [-0.3, -0.25) is 0 Å². The summed E-state index contributed by atoms with van der Waals surface area (Å²) < 4.78 is 0. The van der Waals surface area contributed by atoms with E-state index >= 15 is 0 Å². The van der Waals surface area contributed by atoms with E-state index in [4.69, 9.17) is 0 Å². The van der Waals surface area contributed by atoms with Gasteiger partial charge in [0.15, 0.2) is 5.82 Å². The number of nitrogens with zero attached hydrogens (tertiary/aromatic N) is 3. The molecule has 5 nitrogen and oxygen atoms in total. The molecule has 112 valence electrons. The zero-order valence-electron chi connectivity index (χ0n) is 12.9. The molecule has 0 saturated heterocycles. The third kappa shape index (κ3) is 3.68. The Kier molecular flexibility index (Phi) is 6.42. The summed E-state index contributed by atoms with van der Waals surface area (Å²) in [6, 6.07) is 0. The molecule has 0 fully saturated rings. The maximum Gasteiger partial charge on any atom is 0.339 e. The Morgan fingerprint density at radius 1 is 1.15 bits per heavy atom. The Bertz CT molecular complexity index is 461. The molecule has 1 aromatic heterocycles. The first-order valence-electron chi connectivity index (χ1n) is 7.39. The van der Waals surface area contributed by atoms with E-state index in [0.717, 1.165) is 37.1 Å². The van der Waals surface area contributed by atoms with E-state index in [1.165, 1.54) is 0 Å². The topological polar surface area (TPSA) is 66.3 Å². The summed E-state index contributed by atoms with van der Waals surface area (Å²) in [6.45, 7) is 6.88. The summed E-state index contributed by atoms with van der Waals surface area (Å²) >= 11 is 0. The molecule has 0 spiro atoms. The van der Waals surface area contributed by atoms with Crippen LogP contribution >= 0.6 is 0 Å². The monoisotopic (exact) mass is 279 g/mol. The Balaban J connectivity index is 3.15. The molecule has 0 amide bonds. The van der Waals surface area contributed by atoms with Gasteiger partial charge in [0.25, 0.3) is 0 Å². The number of unbranched alkanes of at least 4 members (excludes halogenated alkanes) is 2. The second-order valence-corrected chi connectivity index (χ2v) is 4.96. The summed E-state index contributed by atoms with van der Waals surface area (Å²) in [6.07, 6.45) is 4.67. The second-order valence-electron chi connectivity index (χ2n) is 4.96. The third-order valence-electron chi connectivity index (χ3n) is 3.50. The van der Waals surface area contributed by atoms with Gasteiger partial charge in [-0.2, -0.15) is 5.10 Å². The molecule has 20 heavy (non-hydrogen) atoms. The van der Waals surface area contributed by atoms with Crippen LogP contribution in [0.2, 0.25) is 0 Å². The van der Waals surface area contributed by atoms with Gasteiger partial charge in [0.2, 0.25) is 0 Å². The summed E-state index contributed by atoms with van der Waals surface area (Å²) in [7, 11) is 1.89. The van der Waals surface area contributed by atoms with E-state index in [-0.39, 0.29) is 0 Å². The molecule has 1 aromatic rings. The first-order valence-corrected chi connectivity index (χ1v) is 7.39. The Labute approximate surface area is 121 Å². The molecule has 0 aromatic carbocycles. The maximum atomic E-state index is 11.6. The van der Waals surface area contributed by atoms with Gasteiger partial charge < -0.3 is 10.0 Å². The van der Waals surface area contributed by atoms with E-state index < -0.39 is 5.97 Å². The van der Waals surface area contributed by atoms with Crippen LogP contribution in [0.1, 0.15) is 61.6 Å². The molecular weight excluding hydrogens is 254 g/mol. The summed E-state index contributed by atoms with van der Waals surface area (Å²) in [5.74, 6) is -0.425. The van der Waals surface area contributed by atoms with Crippen LogP contribution in [0.4, 0.5) is 5.82 Å². The van der Waals surface area contributed by atoms with E-state index in [9.17, 15) is 9.90 Å². The molecule has 0 radical (unpaired) electrons. The number of rotatable bonds is 8. The average molecular weight is 279 g/mol. The average Bonchev–Trinajstić information content (AvgIpc) is 2.45. The van der Waals surface area contributed by atoms with Crippen LogP contribution in [0.15, 0.2) is 0 Å². The van der Waals surface area contributed by atoms with Gasteiger partial charge in [-0.05, 0) is 24.8 Å². The highest BCUT2D eigenvalue weighted by atomic mass is 16.4. The SMILES string of the molecule is CCCCCN(C)c1nnc(CC)c(CC)c1C(=O)O. The van der Waals surface area contributed by atoms with Gasteiger partial charge in [-0.15, -0.1) is 5.10 Å². The standard InChI is InChI=1S/C15H25N3O2/c1-5-8-9-10-18(4)14-13(15(19)20)11(6-2)12(7-3)16-17-14/h5-10H2,1-4H3,(H,19,20). The Morgan fingerprint density at radius 3 is 2.35 bits per heavy atom. The fourth-order valence-corrected chi connectivity index (χ4v) is 2.36. The van der Waals surface area contributed by atoms with E-state index in [1.807, 2.05) is 25.8 Å². The second kappa shape index (κ2) is 7.82. The molecule has 1 N–H and O–H groups in total. The molecule has 0 bridgehead atoms. The smallest absolute Gasteiger partial charge is 0.339 e. The number of carboxylic acids is 1. The van der Waals surface area contributed by atoms with E-state index in [0.29, 0.717) is 24.2 Å². The lowest BCUT2D eigenvalue weighted by atomic mass is 10.0. The van der Waals surface area contributed by atoms with Crippen molar-refractivity contribution in [2.75, 3.05) is 18.5 Å². The number of anilines is 1. The minimum Gasteiger partial charge on any atom is -0.478 e. The summed E-state index contributed by atoms with van der Waals surface area (Å²) in [4.78, 5) is 13.5. The molecule has 0 unspecified atom stereocenters. The number of aromatic nitrogens is 2. The van der Waals surface area contributed by atoms with Gasteiger partial charge in [0, 0.05) is 13.6 Å². The first-order chi connectivity index (χ1) is 9.56. The maximum absolute atomic E-state index is 11.6. The number of aryl methyl sites for hydroxylation is 1. The van der Waals surface area contributed by atoms with Crippen LogP contribution < -0.4 is 4.90 Å². The van der Waals surface area contributed by atoms with Crippen LogP contribution in [0.5, 0.6) is 0 Å². The highest BCUT2D eigenvalue weighted by Gasteiger charge is 2.22. The molecule has 5 heteroatoms. The Hall–Kier alpha value is -1.65. The molecule has 1 rings (SSSR count). The van der Waals surface area contributed by atoms with Crippen LogP contribution in [-0.4, -0.2) is 34.9 Å². The minimum atomic E-state index is -0.913. The number of hydrogen-bond donors (Lipinski definition) is 1.